The van der Waals surface area contributed by atoms with E-state index in [1.54, 1.807) is 13.3 Å². The van der Waals surface area contributed by atoms with Crippen LogP contribution < -0.4 is 4.74 Å². The van der Waals surface area contributed by atoms with Gasteiger partial charge < -0.3 is 9.64 Å². The Hall–Kier alpha value is -2.95. The zero-order chi connectivity index (χ0) is 17.2. The molecule has 1 aromatic heterocycles. The maximum absolute atomic E-state index is 13.0. The number of carbonyl (C=O) groups excluding carboxylic acids is 1. The number of aromatic nitrogens is 2. The van der Waals surface area contributed by atoms with Gasteiger partial charge in [0.05, 0.1) is 30.4 Å². The third kappa shape index (κ3) is 2.93. The lowest BCUT2D eigenvalue weighted by Gasteiger charge is -2.25. The Labute approximate surface area is 146 Å². The minimum absolute atomic E-state index is 0.0517. The highest BCUT2D eigenvalue weighted by Crippen LogP contribution is 2.34. The number of carbonyl (C=O) groups is 1. The Bertz CT molecular complexity index is 925. The van der Waals surface area contributed by atoms with Crippen LogP contribution in [0.2, 0.25) is 0 Å². The molecular weight excluding hydrogens is 314 g/mol. The van der Waals surface area contributed by atoms with Crippen LogP contribution in [0.3, 0.4) is 0 Å². The summed E-state index contributed by atoms with van der Waals surface area (Å²) in [6.07, 6.45) is 3.50. The largest absolute Gasteiger partial charge is 0.497 e. The van der Waals surface area contributed by atoms with Crippen molar-refractivity contribution >= 4 is 16.9 Å². The number of fused-ring (bicyclic) bond motifs is 1. The van der Waals surface area contributed by atoms with Gasteiger partial charge in [0.1, 0.15) is 11.4 Å². The molecular formula is C20H19N3O2. The SMILES string of the molecule is COc1cccc(C2CCCN2C(=O)c2cnc3ccccc3n2)c1. The van der Waals surface area contributed by atoms with Crippen molar-refractivity contribution in [1.29, 1.82) is 0 Å². The van der Waals surface area contributed by atoms with Gasteiger partial charge in [-0.3, -0.25) is 9.78 Å². The molecule has 0 saturated carbocycles. The topological polar surface area (TPSA) is 55.3 Å². The Balaban J connectivity index is 1.65. The number of hydrogen-bond acceptors (Lipinski definition) is 4. The van der Waals surface area contributed by atoms with E-state index in [1.807, 2.05) is 53.4 Å². The quantitative estimate of drug-likeness (QED) is 0.735. The normalized spacial score (nSPS) is 17.0. The summed E-state index contributed by atoms with van der Waals surface area (Å²) in [5.74, 6) is 0.742. The molecule has 1 aliphatic heterocycles. The lowest BCUT2D eigenvalue weighted by atomic mass is 10.0. The molecule has 0 spiro atoms. The fourth-order valence-corrected chi connectivity index (χ4v) is 3.41. The van der Waals surface area contributed by atoms with E-state index in [2.05, 4.69) is 9.97 Å². The van der Waals surface area contributed by atoms with Gasteiger partial charge in [-0.05, 0) is 42.7 Å². The number of rotatable bonds is 3. The molecule has 2 aromatic carbocycles. The predicted molar refractivity (Wildman–Crippen MR) is 95.5 cm³/mol. The molecule has 1 fully saturated rings. The van der Waals surface area contributed by atoms with Crippen molar-refractivity contribution in [2.24, 2.45) is 0 Å². The van der Waals surface area contributed by atoms with E-state index >= 15 is 0 Å². The number of amides is 1. The smallest absolute Gasteiger partial charge is 0.274 e. The summed E-state index contributed by atoms with van der Waals surface area (Å²) >= 11 is 0. The van der Waals surface area contributed by atoms with Crippen LogP contribution in [-0.4, -0.2) is 34.4 Å². The van der Waals surface area contributed by atoms with Crippen molar-refractivity contribution in [1.82, 2.24) is 14.9 Å². The molecule has 5 nitrogen and oxygen atoms in total. The van der Waals surface area contributed by atoms with Gasteiger partial charge in [-0.2, -0.15) is 0 Å². The summed E-state index contributed by atoms with van der Waals surface area (Å²) in [6.45, 7) is 0.731. The standard InChI is InChI=1S/C20H19N3O2/c1-25-15-7-4-6-14(12-15)19-10-5-11-23(19)20(24)18-13-21-16-8-2-3-9-17(16)22-18/h2-4,6-9,12-13,19H,5,10-11H2,1H3. The van der Waals surface area contributed by atoms with Gasteiger partial charge in [0.25, 0.3) is 5.91 Å². The van der Waals surface area contributed by atoms with Crippen LogP contribution in [0, 0.1) is 0 Å². The zero-order valence-electron chi connectivity index (χ0n) is 14.1. The number of ether oxygens (including phenoxy) is 1. The Morgan fingerprint density at radius 1 is 1.16 bits per heavy atom. The van der Waals surface area contributed by atoms with Crippen LogP contribution >= 0.6 is 0 Å². The number of likely N-dealkylation sites (tertiary alicyclic amines) is 1. The summed E-state index contributed by atoms with van der Waals surface area (Å²) in [6, 6.07) is 15.6. The van der Waals surface area contributed by atoms with Crippen molar-refractivity contribution in [3.8, 4) is 5.75 Å². The summed E-state index contributed by atoms with van der Waals surface area (Å²) in [7, 11) is 1.65. The minimum Gasteiger partial charge on any atom is -0.497 e. The van der Waals surface area contributed by atoms with Crippen molar-refractivity contribution in [2.45, 2.75) is 18.9 Å². The Kier molecular flexibility index (Phi) is 4.06. The van der Waals surface area contributed by atoms with Crippen LogP contribution in [0.25, 0.3) is 11.0 Å². The van der Waals surface area contributed by atoms with E-state index in [0.717, 1.165) is 41.7 Å². The van der Waals surface area contributed by atoms with Gasteiger partial charge in [-0.25, -0.2) is 4.98 Å². The molecule has 1 aliphatic rings. The third-order valence-corrected chi connectivity index (χ3v) is 4.66. The Morgan fingerprint density at radius 2 is 2.00 bits per heavy atom. The minimum atomic E-state index is -0.0661. The second-order valence-corrected chi connectivity index (χ2v) is 6.18. The average Bonchev–Trinajstić information content (AvgIpc) is 3.17. The van der Waals surface area contributed by atoms with E-state index in [9.17, 15) is 4.79 Å². The molecule has 1 unspecified atom stereocenters. The first-order chi connectivity index (χ1) is 12.3. The fraction of sp³-hybridized carbons (Fsp3) is 0.250. The molecule has 3 aromatic rings. The monoisotopic (exact) mass is 333 g/mol. The van der Waals surface area contributed by atoms with Gasteiger partial charge >= 0.3 is 0 Å². The summed E-state index contributed by atoms with van der Waals surface area (Å²) < 4.78 is 5.32. The molecule has 25 heavy (non-hydrogen) atoms. The van der Waals surface area contributed by atoms with Crippen LogP contribution in [0.15, 0.2) is 54.7 Å². The number of hydrogen-bond donors (Lipinski definition) is 0. The van der Waals surface area contributed by atoms with Crippen molar-refractivity contribution in [3.63, 3.8) is 0 Å². The van der Waals surface area contributed by atoms with Crippen LogP contribution in [0.5, 0.6) is 5.75 Å². The second kappa shape index (κ2) is 6.51. The molecule has 0 N–H and O–H groups in total. The number of nitrogens with zero attached hydrogens (tertiary/aromatic N) is 3. The molecule has 0 radical (unpaired) electrons. The van der Waals surface area contributed by atoms with Gasteiger partial charge in [0.15, 0.2) is 0 Å². The highest BCUT2D eigenvalue weighted by Gasteiger charge is 2.31. The van der Waals surface area contributed by atoms with E-state index < -0.39 is 0 Å². The maximum atomic E-state index is 13.0. The fourth-order valence-electron chi connectivity index (χ4n) is 3.41. The highest BCUT2D eigenvalue weighted by molar-refractivity contribution is 5.94. The van der Waals surface area contributed by atoms with Crippen molar-refractivity contribution in [2.75, 3.05) is 13.7 Å². The summed E-state index contributed by atoms with van der Waals surface area (Å²) in [5.41, 5.74) is 3.03. The van der Waals surface area contributed by atoms with Crippen molar-refractivity contribution < 1.29 is 9.53 Å². The van der Waals surface area contributed by atoms with Crippen LogP contribution in [-0.2, 0) is 0 Å². The molecule has 5 heteroatoms. The Morgan fingerprint density at radius 3 is 2.84 bits per heavy atom. The van der Waals surface area contributed by atoms with Gasteiger partial charge in [0, 0.05) is 6.54 Å². The first kappa shape index (κ1) is 15.6. The zero-order valence-corrected chi connectivity index (χ0v) is 14.1. The molecule has 2 heterocycles. The molecule has 4 rings (SSSR count). The lowest BCUT2D eigenvalue weighted by molar-refractivity contribution is 0.0729. The first-order valence-corrected chi connectivity index (χ1v) is 8.43. The molecule has 1 atom stereocenters. The number of para-hydroxylation sites is 2. The first-order valence-electron chi connectivity index (χ1n) is 8.43. The van der Waals surface area contributed by atoms with E-state index in [4.69, 9.17) is 4.74 Å². The lowest BCUT2D eigenvalue weighted by Crippen LogP contribution is -2.31. The van der Waals surface area contributed by atoms with E-state index in [0.29, 0.717) is 5.69 Å². The van der Waals surface area contributed by atoms with Crippen LogP contribution in [0.1, 0.15) is 34.9 Å². The second-order valence-electron chi connectivity index (χ2n) is 6.18. The van der Waals surface area contributed by atoms with Gasteiger partial charge in [-0.15, -0.1) is 0 Å². The van der Waals surface area contributed by atoms with E-state index in [1.165, 1.54) is 0 Å². The number of benzene rings is 2. The average molecular weight is 333 g/mol. The molecule has 0 bridgehead atoms. The molecule has 1 amide bonds. The summed E-state index contributed by atoms with van der Waals surface area (Å²) in [4.78, 5) is 23.8. The van der Waals surface area contributed by atoms with Gasteiger partial charge in [-0.1, -0.05) is 24.3 Å². The van der Waals surface area contributed by atoms with Crippen molar-refractivity contribution in [3.05, 3.63) is 66.0 Å². The van der Waals surface area contributed by atoms with Gasteiger partial charge in [0.2, 0.25) is 0 Å². The number of methoxy groups -OCH3 is 1. The summed E-state index contributed by atoms with van der Waals surface area (Å²) in [5, 5.41) is 0. The predicted octanol–water partition coefficient (Wildman–Crippen LogP) is 3.62. The highest BCUT2D eigenvalue weighted by atomic mass is 16.5. The van der Waals surface area contributed by atoms with Crippen LogP contribution in [0.4, 0.5) is 0 Å². The third-order valence-electron chi connectivity index (χ3n) is 4.66. The van der Waals surface area contributed by atoms with E-state index in [-0.39, 0.29) is 11.9 Å². The molecule has 126 valence electrons. The molecule has 1 saturated heterocycles. The molecule has 0 aliphatic carbocycles. The maximum Gasteiger partial charge on any atom is 0.274 e.